The van der Waals surface area contributed by atoms with Crippen molar-refractivity contribution >= 4 is 16.9 Å². The first kappa shape index (κ1) is 24.6. The summed E-state index contributed by atoms with van der Waals surface area (Å²) < 4.78 is 13.0. The Morgan fingerprint density at radius 2 is 1.97 bits per heavy atom. The monoisotopic (exact) mass is 479 g/mol. The molecule has 3 heterocycles. The molecule has 0 spiro atoms. The van der Waals surface area contributed by atoms with E-state index in [0.29, 0.717) is 41.9 Å². The normalized spacial score (nSPS) is 12.5. The number of rotatable bonds is 12. The van der Waals surface area contributed by atoms with Gasteiger partial charge in [0.2, 0.25) is 0 Å². The summed E-state index contributed by atoms with van der Waals surface area (Å²) in [6.07, 6.45) is 3.46. The Morgan fingerprint density at radius 3 is 2.63 bits per heavy atom. The average molecular weight is 480 g/mol. The zero-order chi connectivity index (χ0) is 24.8. The van der Waals surface area contributed by atoms with Crippen molar-refractivity contribution in [2.75, 3.05) is 25.5 Å². The second-order valence-electron chi connectivity index (χ2n) is 8.88. The highest BCUT2D eigenvalue weighted by molar-refractivity contribution is 5.95. The zero-order valence-corrected chi connectivity index (χ0v) is 20.4. The van der Waals surface area contributed by atoms with Crippen molar-refractivity contribution in [3.63, 3.8) is 0 Å². The van der Waals surface area contributed by atoms with Crippen molar-refractivity contribution in [1.82, 2.24) is 30.2 Å². The minimum absolute atomic E-state index is 0.0964. The molecule has 35 heavy (non-hydrogen) atoms. The zero-order valence-electron chi connectivity index (χ0n) is 20.4. The summed E-state index contributed by atoms with van der Waals surface area (Å²) in [5, 5.41) is 20.7. The number of ether oxygens (including phenoxy) is 1. The van der Waals surface area contributed by atoms with E-state index < -0.39 is 0 Å². The van der Waals surface area contributed by atoms with Gasteiger partial charge in [-0.15, -0.1) is 0 Å². The molecule has 4 N–H and O–H groups in total. The number of nitrogen functional groups attached to an aromatic ring is 1. The van der Waals surface area contributed by atoms with Crippen LogP contribution in [-0.4, -0.2) is 55.8 Å². The van der Waals surface area contributed by atoms with E-state index in [0.717, 1.165) is 36.2 Å². The number of aliphatic hydroxyl groups excluding tert-OH is 1. The lowest BCUT2D eigenvalue weighted by atomic mass is 10.0. The van der Waals surface area contributed by atoms with Gasteiger partial charge in [0.25, 0.3) is 0 Å². The third-order valence-electron chi connectivity index (χ3n) is 5.81. The number of nitrogens with one attached hydrogen (secondary N) is 1. The van der Waals surface area contributed by atoms with Crippen LogP contribution in [0.3, 0.4) is 0 Å². The largest absolute Gasteiger partial charge is 0.490 e. The van der Waals surface area contributed by atoms with Crippen molar-refractivity contribution in [3.8, 4) is 28.5 Å². The summed E-state index contributed by atoms with van der Waals surface area (Å²) >= 11 is 0. The van der Waals surface area contributed by atoms with Crippen molar-refractivity contribution in [2.45, 2.75) is 46.2 Å². The first-order valence-corrected chi connectivity index (χ1v) is 12.0. The second-order valence-corrected chi connectivity index (χ2v) is 8.88. The Labute approximate surface area is 204 Å². The van der Waals surface area contributed by atoms with Crippen LogP contribution in [0.15, 0.2) is 41.2 Å². The van der Waals surface area contributed by atoms with E-state index in [1.54, 1.807) is 6.20 Å². The van der Waals surface area contributed by atoms with E-state index >= 15 is 0 Å². The van der Waals surface area contributed by atoms with Gasteiger partial charge in [0.1, 0.15) is 11.0 Å². The smallest absolute Gasteiger partial charge is 0.199 e. The van der Waals surface area contributed by atoms with Crippen LogP contribution in [0, 0.1) is 5.92 Å². The maximum absolute atomic E-state index is 9.57. The lowest BCUT2D eigenvalue weighted by Crippen LogP contribution is -2.34. The molecule has 0 aliphatic rings. The van der Waals surface area contributed by atoms with Gasteiger partial charge in [-0.25, -0.2) is 14.6 Å². The lowest BCUT2D eigenvalue weighted by molar-refractivity contribution is 0.220. The standard InChI is InChI=1S/C25H33N7O3/c1-4-32-23-19(34-12-8-11-27-18(15-33)13-16(2)3)14-28-20(17-9-6-5-7-10-17)21(23)29-25(32)22-24(26)31-35-30-22/h5-7,9-10,14,16,18,27,33H,4,8,11-13,15H2,1-3H3,(H2,26,31)/t18-/m0/s1. The first-order chi connectivity index (χ1) is 17.0. The molecule has 0 aliphatic heterocycles. The molecule has 3 aromatic heterocycles. The number of fused-ring (bicyclic) bond motifs is 1. The molecule has 0 bridgehead atoms. The average Bonchev–Trinajstić information content (AvgIpc) is 3.46. The number of aryl methyl sites for hydroxylation is 1. The molecule has 0 aliphatic carbocycles. The maximum atomic E-state index is 9.57. The SMILES string of the molecule is CCn1c(-c2nonc2N)nc2c(-c3ccccc3)ncc(OCCCN[C@H](CO)CC(C)C)c21. The summed E-state index contributed by atoms with van der Waals surface area (Å²) in [6, 6.07) is 10.00. The highest BCUT2D eigenvalue weighted by Gasteiger charge is 2.24. The van der Waals surface area contributed by atoms with Gasteiger partial charge in [-0.05, 0) is 42.5 Å². The molecule has 10 nitrogen and oxygen atoms in total. The van der Waals surface area contributed by atoms with Gasteiger partial charge < -0.3 is 25.5 Å². The number of imidazole rings is 1. The Balaban J connectivity index is 1.63. The Hall–Kier alpha value is -3.50. The number of aliphatic hydroxyl groups is 1. The number of anilines is 1. The number of pyridine rings is 1. The fourth-order valence-corrected chi connectivity index (χ4v) is 4.22. The molecule has 4 aromatic rings. The van der Waals surface area contributed by atoms with Gasteiger partial charge in [-0.2, -0.15) is 0 Å². The molecule has 0 fully saturated rings. The van der Waals surface area contributed by atoms with E-state index in [2.05, 4.69) is 29.5 Å². The van der Waals surface area contributed by atoms with Gasteiger partial charge in [0.05, 0.1) is 25.1 Å². The molecule has 10 heteroatoms. The van der Waals surface area contributed by atoms with Gasteiger partial charge in [0, 0.05) is 18.2 Å². The van der Waals surface area contributed by atoms with Crippen LogP contribution in [-0.2, 0) is 6.54 Å². The fraction of sp³-hybridized carbons (Fsp3) is 0.440. The van der Waals surface area contributed by atoms with E-state index in [1.165, 1.54) is 0 Å². The maximum Gasteiger partial charge on any atom is 0.199 e. The number of hydrogen-bond acceptors (Lipinski definition) is 9. The van der Waals surface area contributed by atoms with Crippen LogP contribution < -0.4 is 15.8 Å². The summed E-state index contributed by atoms with van der Waals surface area (Å²) in [7, 11) is 0. The van der Waals surface area contributed by atoms with E-state index in [1.807, 2.05) is 41.8 Å². The molecule has 0 radical (unpaired) electrons. The first-order valence-electron chi connectivity index (χ1n) is 12.0. The Bertz CT molecular complexity index is 1240. The highest BCUT2D eigenvalue weighted by atomic mass is 16.6. The predicted molar refractivity (Wildman–Crippen MR) is 135 cm³/mol. The number of benzene rings is 1. The van der Waals surface area contributed by atoms with Crippen molar-refractivity contribution in [2.24, 2.45) is 5.92 Å². The number of aromatic nitrogens is 5. The molecule has 1 aromatic carbocycles. The van der Waals surface area contributed by atoms with Gasteiger partial charge in [-0.1, -0.05) is 44.2 Å². The molecule has 0 saturated carbocycles. The summed E-state index contributed by atoms with van der Waals surface area (Å²) in [6.45, 7) is 8.30. The highest BCUT2D eigenvalue weighted by Crippen LogP contribution is 2.36. The molecular weight excluding hydrogens is 446 g/mol. The van der Waals surface area contributed by atoms with Crippen LogP contribution in [0.5, 0.6) is 5.75 Å². The summed E-state index contributed by atoms with van der Waals surface area (Å²) in [5.74, 6) is 1.89. The van der Waals surface area contributed by atoms with Crippen molar-refractivity contribution in [1.29, 1.82) is 0 Å². The van der Waals surface area contributed by atoms with Crippen molar-refractivity contribution in [3.05, 3.63) is 36.5 Å². The molecule has 1 atom stereocenters. The Morgan fingerprint density at radius 1 is 1.17 bits per heavy atom. The third kappa shape index (κ3) is 5.44. The Kier molecular flexibility index (Phi) is 7.94. The summed E-state index contributed by atoms with van der Waals surface area (Å²) in [5.41, 5.74) is 9.59. The molecule has 186 valence electrons. The van der Waals surface area contributed by atoms with Crippen LogP contribution in [0.2, 0.25) is 0 Å². The number of nitrogens with two attached hydrogens (primary N) is 1. The molecule has 0 unspecified atom stereocenters. The minimum atomic E-state index is 0.0964. The van der Waals surface area contributed by atoms with E-state index in [4.69, 9.17) is 25.1 Å². The minimum Gasteiger partial charge on any atom is -0.490 e. The van der Waals surface area contributed by atoms with Crippen LogP contribution in [0.1, 0.15) is 33.6 Å². The topological polar surface area (TPSA) is 137 Å². The molecule has 0 amide bonds. The van der Waals surface area contributed by atoms with Crippen molar-refractivity contribution < 1.29 is 14.5 Å². The number of nitrogens with zero attached hydrogens (tertiary/aromatic N) is 5. The van der Waals surface area contributed by atoms with E-state index in [9.17, 15) is 5.11 Å². The molecule has 0 saturated heterocycles. The van der Waals surface area contributed by atoms with Crippen LogP contribution >= 0.6 is 0 Å². The molecular formula is C25H33N7O3. The van der Waals surface area contributed by atoms with E-state index in [-0.39, 0.29) is 18.5 Å². The molecule has 4 rings (SSSR count). The van der Waals surface area contributed by atoms with Gasteiger partial charge in [-0.3, -0.25) is 0 Å². The van der Waals surface area contributed by atoms with Crippen LogP contribution in [0.4, 0.5) is 5.82 Å². The van der Waals surface area contributed by atoms with Gasteiger partial charge >= 0.3 is 0 Å². The van der Waals surface area contributed by atoms with Gasteiger partial charge in [0.15, 0.2) is 23.1 Å². The fourth-order valence-electron chi connectivity index (χ4n) is 4.22. The van der Waals surface area contributed by atoms with Crippen LogP contribution in [0.25, 0.3) is 33.8 Å². The summed E-state index contributed by atoms with van der Waals surface area (Å²) in [4.78, 5) is 9.57. The number of hydrogen-bond donors (Lipinski definition) is 3. The second kappa shape index (κ2) is 11.3. The lowest BCUT2D eigenvalue weighted by Gasteiger charge is -2.18. The quantitative estimate of drug-likeness (QED) is 0.261. The third-order valence-corrected chi connectivity index (χ3v) is 5.81. The predicted octanol–water partition coefficient (Wildman–Crippen LogP) is 3.52.